The number of fused-ring (bicyclic) bond motifs is 1. The number of nitrogens with zero attached hydrogens (tertiary/aromatic N) is 6. The van der Waals surface area contributed by atoms with E-state index >= 15 is 0 Å². The molecule has 0 bridgehead atoms. The second-order valence-electron chi connectivity index (χ2n) is 11.1. The van der Waals surface area contributed by atoms with Crippen molar-refractivity contribution in [2.24, 2.45) is 0 Å². The van der Waals surface area contributed by atoms with Crippen molar-refractivity contribution in [3.05, 3.63) is 83.1 Å². The van der Waals surface area contributed by atoms with Crippen molar-refractivity contribution in [1.29, 1.82) is 5.26 Å². The van der Waals surface area contributed by atoms with Gasteiger partial charge in [-0.2, -0.15) is 5.26 Å². The summed E-state index contributed by atoms with van der Waals surface area (Å²) >= 11 is 0. The Hall–Kier alpha value is -4.99. The van der Waals surface area contributed by atoms with E-state index in [2.05, 4.69) is 20.2 Å². The fourth-order valence-electron chi connectivity index (χ4n) is 4.94. The predicted molar refractivity (Wildman–Crippen MR) is 162 cm³/mol. The first-order valence-electron chi connectivity index (χ1n) is 13.9. The summed E-state index contributed by atoms with van der Waals surface area (Å²) in [5.41, 5.74) is 6.48. The average Bonchev–Trinajstić information content (AvgIpc) is 3.23. The van der Waals surface area contributed by atoms with Crippen LogP contribution in [0.25, 0.3) is 16.9 Å². The number of anilines is 1. The van der Waals surface area contributed by atoms with E-state index in [-0.39, 0.29) is 24.0 Å². The fourth-order valence-corrected chi connectivity index (χ4v) is 4.94. The van der Waals surface area contributed by atoms with Crippen molar-refractivity contribution < 1.29 is 14.3 Å². The van der Waals surface area contributed by atoms with E-state index in [0.29, 0.717) is 41.6 Å². The van der Waals surface area contributed by atoms with Crippen molar-refractivity contribution in [1.82, 2.24) is 29.3 Å². The monoisotopic (exact) mass is 582 g/mol. The minimum Gasteiger partial charge on any atom is -0.457 e. The molecule has 0 saturated carbocycles. The Kier molecular flexibility index (Phi) is 8.29. The normalized spacial score (nSPS) is 14.7. The van der Waals surface area contributed by atoms with Gasteiger partial charge in [0.25, 0.3) is 5.91 Å². The number of aromatic nitrogens is 4. The van der Waals surface area contributed by atoms with E-state index in [4.69, 9.17) is 15.2 Å². The van der Waals surface area contributed by atoms with Crippen molar-refractivity contribution in [2.75, 3.05) is 26.0 Å². The van der Waals surface area contributed by atoms with Crippen LogP contribution in [0.5, 0.6) is 11.5 Å². The molecule has 1 fully saturated rings. The number of hydrogen-bond acceptors (Lipinski definition) is 9. The van der Waals surface area contributed by atoms with Gasteiger partial charge < -0.3 is 20.5 Å². The zero-order valence-corrected chi connectivity index (χ0v) is 24.5. The third kappa shape index (κ3) is 6.13. The molecule has 0 spiro atoms. The predicted octanol–water partition coefficient (Wildman–Crippen LogP) is 3.02. The zero-order valence-electron chi connectivity index (χ0n) is 24.5. The smallest absolute Gasteiger partial charge is 0.335 e. The Labute approximate surface area is 249 Å². The molecule has 0 aliphatic carbocycles. The number of carbonyl (C=O) groups is 1. The lowest BCUT2D eigenvalue weighted by Crippen LogP contribution is -2.55. The van der Waals surface area contributed by atoms with Gasteiger partial charge in [-0.05, 0) is 70.3 Å². The van der Waals surface area contributed by atoms with Gasteiger partial charge in [-0.1, -0.05) is 18.2 Å². The van der Waals surface area contributed by atoms with E-state index in [1.165, 1.54) is 15.5 Å². The number of hydrogen-bond donors (Lipinski definition) is 2. The molecule has 1 atom stereocenters. The molecule has 1 unspecified atom stereocenters. The Morgan fingerprint density at radius 3 is 2.51 bits per heavy atom. The van der Waals surface area contributed by atoms with Crippen LogP contribution in [-0.4, -0.2) is 67.8 Å². The van der Waals surface area contributed by atoms with Crippen molar-refractivity contribution in [3.8, 4) is 23.3 Å². The molecule has 12 nitrogen and oxygen atoms in total. The van der Waals surface area contributed by atoms with Gasteiger partial charge in [0.2, 0.25) is 0 Å². The number of amides is 1. The number of benzene rings is 2. The Morgan fingerprint density at radius 1 is 1.21 bits per heavy atom. The average molecular weight is 583 g/mol. The largest absolute Gasteiger partial charge is 0.457 e. The van der Waals surface area contributed by atoms with Gasteiger partial charge in [-0.3, -0.25) is 18.8 Å². The molecule has 222 valence electrons. The van der Waals surface area contributed by atoms with Gasteiger partial charge in [0.05, 0.1) is 24.9 Å². The standard InChI is InChI=1S/C31H34N8O4/c1-20(36-29(40)21(15-32)14-31(2,3)37(4)23-17-42-18-23)16-38-28-26(27(33)34-19-35-28)39(30(38)41)22-10-12-25(13-11-22)43-24-8-6-5-7-9-24/h5-14,19-20,23H,16-18H2,1-4H3,(H,36,40)(H2,33,34,35). The molecule has 2 aromatic heterocycles. The Balaban J connectivity index is 1.38. The third-order valence-electron chi connectivity index (χ3n) is 7.58. The molecule has 3 N–H and O–H groups in total. The topological polar surface area (TPSA) is 153 Å². The van der Waals surface area contributed by atoms with Crippen LogP contribution in [0.2, 0.25) is 0 Å². The molecule has 1 saturated heterocycles. The number of carbonyl (C=O) groups excluding carboxylic acids is 1. The molecule has 5 rings (SSSR count). The summed E-state index contributed by atoms with van der Waals surface area (Å²) in [6.07, 6.45) is 2.95. The number of nitrogen functional groups attached to an aromatic ring is 1. The summed E-state index contributed by atoms with van der Waals surface area (Å²) in [6, 6.07) is 18.1. The molecule has 1 aliphatic rings. The highest BCUT2D eigenvalue weighted by molar-refractivity contribution is 5.97. The first-order valence-corrected chi connectivity index (χ1v) is 13.9. The summed E-state index contributed by atoms with van der Waals surface area (Å²) in [7, 11) is 1.94. The summed E-state index contributed by atoms with van der Waals surface area (Å²) in [4.78, 5) is 37.4. The van der Waals surface area contributed by atoms with E-state index in [1.807, 2.05) is 57.3 Å². The van der Waals surface area contributed by atoms with Gasteiger partial charge in [0.15, 0.2) is 11.5 Å². The molecule has 1 amide bonds. The molecule has 1 aliphatic heterocycles. The van der Waals surface area contributed by atoms with Crippen LogP contribution in [0.15, 0.2) is 77.4 Å². The van der Waals surface area contributed by atoms with E-state index in [0.717, 1.165) is 0 Å². The lowest BCUT2D eigenvalue weighted by molar-refractivity contribution is -0.117. The fraction of sp³-hybridized carbons (Fsp3) is 0.323. The highest BCUT2D eigenvalue weighted by Gasteiger charge is 2.33. The molecule has 3 heterocycles. The van der Waals surface area contributed by atoms with Crippen LogP contribution in [0.1, 0.15) is 20.8 Å². The number of rotatable bonds is 10. The highest BCUT2D eigenvalue weighted by Crippen LogP contribution is 2.26. The quantitative estimate of drug-likeness (QED) is 0.212. The molecular weight excluding hydrogens is 548 g/mol. The summed E-state index contributed by atoms with van der Waals surface area (Å²) in [6.45, 7) is 6.95. The van der Waals surface area contributed by atoms with E-state index < -0.39 is 23.2 Å². The zero-order chi connectivity index (χ0) is 30.7. The summed E-state index contributed by atoms with van der Waals surface area (Å²) in [5.74, 6) is 0.904. The Bertz CT molecular complexity index is 1750. The van der Waals surface area contributed by atoms with Gasteiger partial charge in [-0.15, -0.1) is 0 Å². The van der Waals surface area contributed by atoms with Crippen LogP contribution in [-0.2, 0) is 16.1 Å². The highest BCUT2D eigenvalue weighted by atomic mass is 16.5. The third-order valence-corrected chi connectivity index (χ3v) is 7.58. The number of ether oxygens (including phenoxy) is 2. The first-order chi connectivity index (χ1) is 20.6. The van der Waals surface area contributed by atoms with Crippen LogP contribution in [0.4, 0.5) is 5.82 Å². The molecule has 0 radical (unpaired) electrons. The number of nitrogens with two attached hydrogens (primary N) is 1. The van der Waals surface area contributed by atoms with Gasteiger partial charge in [0, 0.05) is 18.1 Å². The number of nitriles is 1. The number of likely N-dealkylation sites (N-methyl/N-ethyl adjacent to an activating group) is 1. The van der Waals surface area contributed by atoms with Gasteiger partial charge in [-0.25, -0.2) is 14.8 Å². The number of para-hydroxylation sites is 1. The van der Waals surface area contributed by atoms with Crippen LogP contribution < -0.4 is 21.5 Å². The SMILES string of the molecule is CC(Cn1c(=O)n(-c2ccc(Oc3ccccc3)cc2)c2c(N)ncnc21)NC(=O)C(C#N)=CC(C)(C)N(C)C1COC1. The summed E-state index contributed by atoms with van der Waals surface area (Å²) in [5, 5.41) is 12.6. The van der Waals surface area contributed by atoms with Crippen molar-refractivity contribution >= 4 is 22.9 Å². The molecule has 4 aromatic rings. The minimum atomic E-state index is -0.555. The lowest BCUT2D eigenvalue weighted by Gasteiger charge is -2.43. The molecule has 12 heteroatoms. The maximum atomic E-state index is 13.8. The minimum absolute atomic E-state index is 0.0110. The molecule has 43 heavy (non-hydrogen) atoms. The maximum absolute atomic E-state index is 13.8. The van der Waals surface area contributed by atoms with Gasteiger partial charge >= 0.3 is 5.69 Å². The molecular formula is C31H34N8O4. The second kappa shape index (κ2) is 12.1. The van der Waals surface area contributed by atoms with Gasteiger partial charge in [0.1, 0.15) is 35.0 Å². The number of nitrogens with one attached hydrogen (secondary N) is 1. The van der Waals surface area contributed by atoms with Crippen LogP contribution in [0, 0.1) is 11.3 Å². The van der Waals surface area contributed by atoms with E-state index in [1.54, 1.807) is 37.3 Å². The second-order valence-corrected chi connectivity index (χ2v) is 11.1. The molecule has 2 aromatic carbocycles. The first kappa shape index (κ1) is 29.5. The summed E-state index contributed by atoms with van der Waals surface area (Å²) < 4.78 is 14.0. The van der Waals surface area contributed by atoms with E-state index in [9.17, 15) is 14.9 Å². The van der Waals surface area contributed by atoms with Crippen LogP contribution >= 0.6 is 0 Å². The Morgan fingerprint density at radius 2 is 1.88 bits per heavy atom. The van der Waals surface area contributed by atoms with Crippen molar-refractivity contribution in [2.45, 2.75) is 44.9 Å². The van der Waals surface area contributed by atoms with Crippen molar-refractivity contribution in [3.63, 3.8) is 0 Å². The van der Waals surface area contributed by atoms with Crippen LogP contribution in [0.3, 0.4) is 0 Å². The maximum Gasteiger partial charge on any atom is 0.335 e. The lowest BCUT2D eigenvalue weighted by atomic mass is 9.96. The number of imidazole rings is 1.